The fraction of sp³-hybridized carbons (Fsp3) is 0.171. The summed E-state index contributed by atoms with van der Waals surface area (Å²) < 4.78 is 5.49. The normalized spacial score (nSPS) is 15.7. The number of hydrogen-bond donors (Lipinski definition) is 0. The Balaban J connectivity index is 1.45. The third-order valence-electron chi connectivity index (χ3n) is 8.17. The molecule has 174 valence electrons. The van der Waals surface area contributed by atoms with Gasteiger partial charge in [0.2, 0.25) is 0 Å². The van der Waals surface area contributed by atoms with E-state index in [-0.39, 0.29) is 0 Å². The van der Waals surface area contributed by atoms with Crippen molar-refractivity contribution in [3.8, 4) is 33.4 Å². The summed E-state index contributed by atoms with van der Waals surface area (Å²) in [6.07, 6.45) is 14.9. The van der Waals surface area contributed by atoms with Crippen molar-refractivity contribution in [3.05, 3.63) is 124 Å². The first-order valence-electron chi connectivity index (χ1n) is 13.4. The van der Waals surface area contributed by atoms with Gasteiger partial charge in [0.05, 0.1) is 0 Å². The molecule has 0 radical (unpaired) electrons. The second kappa shape index (κ2) is 9.53. The number of allylic oxidation sites excluding steroid dienone is 4. The van der Waals surface area contributed by atoms with Crippen LogP contribution in [0.3, 0.4) is 0 Å². The molecule has 3 aliphatic rings. The minimum atomic E-state index is -2.21. The van der Waals surface area contributed by atoms with Crippen LogP contribution in [-0.4, -0.2) is 3.21 Å². The molecule has 0 N–H and O–H groups in total. The van der Waals surface area contributed by atoms with Crippen LogP contribution in [-0.2, 0) is 27.7 Å². The van der Waals surface area contributed by atoms with Crippen LogP contribution in [0.4, 0.5) is 0 Å². The van der Waals surface area contributed by atoms with Crippen LogP contribution < -0.4 is 3.27 Å². The summed E-state index contributed by atoms with van der Waals surface area (Å²) in [6.45, 7) is 0. The summed E-state index contributed by atoms with van der Waals surface area (Å²) in [7, 11) is 0. The van der Waals surface area contributed by atoms with E-state index in [0.29, 0.717) is 0 Å². The molecule has 0 aromatic heterocycles. The Morgan fingerprint density at radius 1 is 0.611 bits per heavy atom. The van der Waals surface area contributed by atoms with Gasteiger partial charge in [-0.1, -0.05) is 0 Å². The zero-order chi connectivity index (χ0) is 23.9. The molecular formula is C35H30Zr. The van der Waals surface area contributed by atoms with E-state index in [4.69, 9.17) is 0 Å². The van der Waals surface area contributed by atoms with E-state index in [9.17, 15) is 0 Å². The summed E-state index contributed by atoms with van der Waals surface area (Å²) in [5, 5.41) is 0. The Kier molecular flexibility index (Phi) is 5.91. The standard InChI is InChI=1S/C25H17.C5H8.C5H5.Zr/c1-3-7-18(8-4-1)20-11-13-24-22(15-20)17-23-16-21(12-14-25(23)24)19-9-5-2-6-10-19;2*1-2-4-5-3-1;/h1-15H,17H2;1-4H2;1-3H,4H2;. The summed E-state index contributed by atoms with van der Waals surface area (Å²) in [5.41, 5.74) is 11.6. The molecule has 0 amide bonds. The molecule has 36 heavy (non-hydrogen) atoms. The van der Waals surface area contributed by atoms with Crippen molar-refractivity contribution >= 4 is 6.48 Å². The Labute approximate surface area is 222 Å². The van der Waals surface area contributed by atoms with Crippen LogP contribution in [0.15, 0.2) is 113 Å². The summed E-state index contributed by atoms with van der Waals surface area (Å²) in [5.74, 6) is 0. The number of benzene rings is 4. The van der Waals surface area contributed by atoms with E-state index >= 15 is 0 Å². The molecule has 0 aliphatic heterocycles. The van der Waals surface area contributed by atoms with E-state index in [1.54, 1.807) is 12.1 Å². The topological polar surface area (TPSA) is 0 Å². The van der Waals surface area contributed by atoms with Crippen molar-refractivity contribution in [1.29, 1.82) is 0 Å². The third kappa shape index (κ3) is 3.89. The second-order valence-corrected chi connectivity index (χ2v) is 16.7. The van der Waals surface area contributed by atoms with E-state index < -0.39 is 21.3 Å². The number of hydrogen-bond acceptors (Lipinski definition) is 0. The van der Waals surface area contributed by atoms with Gasteiger partial charge in [0, 0.05) is 0 Å². The minimum absolute atomic E-state index is 1.07. The summed E-state index contributed by atoms with van der Waals surface area (Å²) in [6, 6.07) is 34.1. The van der Waals surface area contributed by atoms with Gasteiger partial charge in [-0.15, -0.1) is 0 Å². The third-order valence-corrected chi connectivity index (χ3v) is 16.3. The van der Waals surface area contributed by atoms with Gasteiger partial charge in [-0.05, 0) is 0 Å². The van der Waals surface area contributed by atoms with Crippen LogP contribution >= 0.6 is 0 Å². The van der Waals surface area contributed by atoms with Gasteiger partial charge < -0.3 is 0 Å². The molecule has 0 nitrogen and oxygen atoms in total. The van der Waals surface area contributed by atoms with E-state index in [0.717, 1.165) is 6.42 Å². The SMILES string of the molecule is C1=CC[C]([Zr](=[C]2CCCC2)[c]2c(-c3ccccc3)ccc3c2Cc2cc(-c4ccccc4)ccc2-3)=C1. The van der Waals surface area contributed by atoms with Crippen molar-refractivity contribution in [1.82, 2.24) is 0 Å². The van der Waals surface area contributed by atoms with Gasteiger partial charge in [-0.25, -0.2) is 0 Å². The maximum absolute atomic E-state index is 2.49. The van der Waals surface area contributed by atoms with Gasteiger partial charge in [0.1, 0.15) is 0 Å². The molecule has 1 saturated carbocycles. The van der Waals surface area contributed by atoms with Crippen molar-refractivity contribution in [2.75, 3.05) is 0 Å². The second-order valence-electron chi connectivity index (χ2n) is 10.3. The first-order valence-corrected chi connectivity index (χ1v) is 17.0. The quantitative estimate of drug-likeness (QED) is 0.214. The molecule has 0 saturated heterocycles. The van der Waals surface area contributed by atoms with Crippen LogP contribution in [0.2, 0.25) is 0 Å². The molecule has 0 atom stereocenters. The van der Waals surface area contributed by atoms with Crippen molar-refractivity contribution in [2.45, 2.75) is 38.5 Å². The van der Waals surface area contributed by atoms with Crippen LogP contribution in [0, 0.1) is 0 Å². The van der Waals surface area contributed by atoms with Crippen LogP contribution in [0.5, 0.6) is 0 Å². The molecule has 4 aromatic rings. The number of fused-ring (bicyclic) bond motifs is 3. The Hall–Kier alpha value is -2.89. The molecule has 1 heteroatoms. The maximum atomic E-state index is 2.49. The number of rotatable bonds is 4. The fourth-order valence-corrected chi connectivity index (χ4v) is 15.3. The van der Waals surface area contributed by atoms with Crippen molar-refractivity contribution in [2.24, 2.45) is 0 Å². The molecule has 1 fully saturated rings. The van der Waals surface area contributed by atoms with E-state index in [1.807, 2.05) is 3.21 Å². The first kappa shape index (κ1) is 22.3. The average molecular weight is 542 g/mol. The van der Waals surface area contributed by atoms with Crippen LogP contribution in [0.25, 0.3) is 33.4 Å². The van der Waals surface area contributed by atoms with Gasteiger partial charge in [0.15, 0.2) is 0 Å². The molecule has 4 aromatic carbocycles. The van der Waals surface area contributed by atoms with Crippen molar-refractivity contribution in [3.63, 3.8) is 0 Å². The fourth-order valence-electron chi connectivity index (χ4n) is 6.48. The zero-order valence-electron chi connectivity index (χ0n) is 20.6. The van der Waals surface area contributed by atoms with Crippen molar-refractivity contribution < 1.29 is 21.3 Å². The van der Waals surface area contributed by atoms with Gasteiger partial charge in [0.25, 0.3) is 0 Å². The van der Waals surface area contributed by atoms with E-state index in [2.05, 4.69) is 109 Å². The first-order chi connectivity index (χ1) is 17.9. The van der Waals surface area contributed by atoms with Crippen LogP contribution in [0.1, 0.15) is 43.2 Å². The Morgan fingerprint density at radius 3 is 2.03 bits per heavy atom. The molecular weight excluding hydrogens is 512 g/mol. The predicted octanol–water partition coefficient (Wildman–Crippen LogP) is 8.43. The molecule has 0 heterocycles. The van der Waals surface area contributed by atoms with Gasteiger partial charge >= 0.3 is 223 Å². The molecule has 0 spiro atoms. The Morgan fingerprint density at radius 2 is 1.31 bits per heavy atom. The summed E-state index contributed by atoms with van der Waals surface area (Å²) in [4.78, 5) is 0. The molecule has 0 unspecified atom stereocenters. The molecule has 7 rings (SSSR count). The monoisotopic (exact) mass is 540 g/mol. The Bertz CT molecular complexity index is 1540. The van der Waals surface area contributed by atoms with E-state index in [1.165, 1.54) is 71.0 Å². The average Bonchev–Trinajstić information content (AvgIpc) is 3.72. The molecule has 3 aliphatic carbocycles. The van der Waals surface area contributed by atoms with Gasteiger partial charge in [-0.3, -0.25) is 0 Å². The zero-order valence-corrected chi connectivity index (χ0v) is 23.1. The molecule has 0 bridgehead atoms. The summed E-state index contributed by atoms with van der Waals surface area (Å²) >= 11 is -2.21. The predicted molar refractivity (Wildman–Crippen MR) is 151 cm³/mol. The van der Waals surface area contributed by atoms with Gasteiger partial charge in [-0.2, -0.15) is 0 Å².